The number of phenols is 1. The SMILES string of the molecule is C=O.O=S(=O)(O)c1ccccc1O. The van der Waals surface area contributed by atoms with Crippen LogP contribution in [0.2, 0.25) is 0 Å². The number of carbonyl (C=O) groups excluding carboxylic acids is 1. The van der Waals surface area contributed by atoms with Gasteiger partial charge >= 0.3 is 0 Å². The highest BCUT2D eigenvalue weighted by molar-refractivity contribution is 7.86. The molecule has 0 saturated carbocycles. The third kappa shape index (κ3) is 3.22. The van der Waals surface area contributed by atoms with E-state index in [4.69, 9.17) is 14.5 Å². The van der Waals surface area contributed by atoms with Crippen LogP contribution in [0.15, 0.2) is 29.2 Å². The van der Waals surface area contributed by atoms with Gasteiger partial charge in [0.15, 0.2) is 0 Å². The van der Waals surface area contributed by atoms with Gasteiger partial charge in [0.2, 0.25) is 0 Å². The fourth-order valence-electron chi connectivity index (χ4n) is 0.675. The number of benzene rings is 1. The van der Waals surface area contributed by atoms with E-state index >= 15 is 0 Å². The molecule has 0 fully saturated rings. The molecule has 0 bridgehead atoms. The number of para-hydroxylation sites is 1. The van der Waals surface area contributed by atoms with Crippen LogP contribution >= 0.6 is 0 Å². The lowest BCUT2D eigenvalue weighted by Crippen LogP contribution is -1.97. The van der Waals surface area contributed by atoms with E-state index in [9.17, 15) is 8.42 Å². The Balaban J connectivity index is 0.000000671. The highest BCUT2D eigenvalue weighted by Gasteiger charge is 2.12. The summed E-state index contributed by atoms with van der Waals surface area (Å²) in [5.74, 6) is -0.449. The maximum Gasteiger partial charge on any atom is 0.298 e. The molecule has 1 aromatic carbocycles. The summed E-state index contributed by atoms with van der Waals surface area (Å²) in [7, 11) is -4.28. The van der Waals surface area contributed by atoms with E-state index in [1.807, 2.05) is 6.79 Å². The summed E-state index contributed by atoms with van der Waals surface area (Å²) in [6.45, 7) is 2.00. The molecule has 0 aliphatic heterocycles. The maximum absolute atomic E-state index is 10.4. The summed E-state index contributed by atoms with van der Waals surface area (Å²) in [6, 6.07) is 5.17. The summed E-state index contributed by atoms with van der Waals surface area (Å²) >= 11 is 0. The van der Waals surface area contributed by atoms with Crippen molar-refractivity contribution in [2.75, 3.05) is 0 Å². The molecule has 1 aromatic rings. The van der Waals surface area contributed by atoms with Crippen molar-refractivity contribution >= 4 is 16.9 Å². The summed E-state index contributed by atoms with van der Waals surface area (Å²) in [6.07, 6.45) is 0. The van der Waals surface area contributed by atoms with Crippen molar-refractivity contribution in [2.24, 2.45) is 0 Å². The van der Waals surface area contributed by atoms with Gasteiger partial charge in [-0.25, -0.2) is 0 Å². The van der Waals surface area contributed by atoms with E-state index in [0.29, 0.717) is 0 Å². The predicted octanol–water partition coefficient (Wildman–Crippen LogP) is 0.454. The van der Waals surface area contributed by atoms with Crippen molar-refractivity contribution in [2.45, 2.75) is 4.90 Å². The summed E-state index contributed by atoms with van der Waals surface area (Å²) in [5.41, 5.74) is 0. The second-order valence-corrected chi connectivity index (χ2v) is 3.33. The second kappa shape index (κ2) is 4.58. The Kier molecular flexibility index (Phi) is 4.09. The Hall–Kier alpha value is -1.40. The van der Waals surface area contributed by atoms with Crippen LogP contribution in [0.1, 0.15) is 0 Å². The molecule has 0 amide bonds. The average Bonchev–Trinajstić information content (AvgIpc) is 2.07. The zero-order chi connectivity index (χ0) is 10.5. The molecule has 0 aliphatic rings. The van der Waals surface area contributed by atoms with Gasteiger partial charge in [-0.2, -0.15) is 8.42 Å². The molecule has 6 heteroatoms. The molecule has 0 heterocycles. The van der Waals surface area contributed by atoms with Gasteiger partial charge in [-0.05, 0) is 12.1 Å². The van der Waals surface area contributed by atoms with Gasteiger partial charge in [-0.15, -0.1) is 0 Å². The number of hydrogen-bond donors (Lipinski definition) is 2. The third-order valence-corrected chi connectivity index (χ3v) is 2.04. The average molecular weight is 204 g/mol. The molecule has 0 radical (unpaired) electrons. The quantitative estimate of drug-likeness (QED) is 0.648. The third-order valence-electron chi connectivity index (χ3n) is 1.14. The van der Waals surface area contributed by atoms with E-state index < -0.39 is 20.8 Å². The number of hydrogen-bond acceptors (Lipinski definition) is 4. The number of carbonyl (C=O) groups is 1. The van der Waals surface area contributed by atoms with E-state index in [0.717, 1.165) is 6.07 Å². The van der Waals surface area contributed by atoms with Crippen LogP contribution in [0.5, 0.6) is 5.75 Å². The standard InChI is InChI=1S/C6H6O4S.CH2O/c7-5-3-1-2-4-6(5)11(8,9)10;1-2/h1-4,7H,(H,8,9,10);1H2. The normalized spacial score (nSPS) is 9.92. The van der Waals surface area contributed by atoms with E-state index in [1.54, 1.807) is 0 Å². The Bertz CT molecular complexity index is 370. The molecule has 0 unspecified atom stereocenters. The van der Waals surface area contributed by atoms with Crippen molar-refractivity contribution in [1.29, 1.82) is 0 Å². The molecule has 2 N–H and O–H groups in total. The molecule has 5 nitrogen and oxygen atoms in total. The molecule has 13 heavy (non-hydrogen) atoms. The van der Waals surface area contributed by atoms with E-state index in [2.05, 4.69) is 0 Å². The number of rotatable bonds is 1. The minimum absolute atomic E-state index is 0.449. The molecule has 0 saturated heterocycles. The highest BCUT2D eigenvalue weighted by Crippen LogP contribution is 2.20. The number of aromatic hydroxyl groups is 1. The van der Waals surface area contributed by atoms with Gasteiger partial charge in [0.25, 0.3) is 10.1 Å². The van der Waals surface area contributed by atoms with Crippen molar-refractivity contribution in [1.82, 2.24) is 0 Å². The van der Waals surface area contributed by atoms with Crippen LogP contribution < -0.4 is 0 Å². The van der Waals surface area contributed by atoms with Gasteiger partial charge in [0.05, 0.1) is 0 Å². The first-order chi connectivity index (χ1) is 6.02. The number of phenolic OH excluding ortho intramolecular Hbond substituents is 1. The highest BCUT2D eigenvalue weighted by atomic mass is 32.2. The smallest absolute Gasteiger partial charge is 0.298 e. The van der Waals surface area contributed by atoms with Crippen LogP contribution in [0, 0.1) is 0 Å². The summed E-state index contributed by atoms with van der Waals surface area (Å²) < 4.78 is 29.4. The molecular weight excluding hydrogens is 196 g/mol. The Morgan fingerprint density at radius 2 is 1.62 bits per heavy atom. The molecule has 0 atom stereocenters. The van der Waals surface area contributed by atoms with Gasteiger partial charge in [0.1, 0.15) is 17.4 Å². The van der Waals surface area contributed by atoms with Crippen LogP contribution in [0.25, 0.3) is 0 Å². The molecule has 1 rings (SSSR count). The van der Waals surface area contributed by atoms with Crippen LogP contribution in [-0.4, -0.2) is 24.9 Å². The molecular formula is C7H8O5S. The lowest BCUT2D eigenvalue weighted by atomic mass is 10.3. The zero-order valence-electron chi connectivity index (χ0n) is 6.54. The van der Waals surface area contributed by atoms with Crippen LogP contribution in [0.4, 0.5) is 0 Å². The van der Waals surface area contributed by atoms with Crippen LogP contribution in [-0.2, 0) is 14.9 Å². The first kappa shape index (κ1) is 11.6. The zero-order valence-corrected chi connectivity index (χ0v) is 7.36. The maximum atomic E-state index is 10.4. The van der Waals surface area contributed by atoms with Gasteiger partial charge in [-0.1, -0.05) is 12.1 Å². The van der Waals surface area contributed by atoms with Crippen molar-refractivity contribution < 1.29 is 22.9 Å². The molecule has 0 aromatic heterocycles. The predicted molar refractivity (Wildman–Crippen MR) is 45.0 cm³/mol. The minimum Gasteiger partial charge on any atom is -0.506 e. The molecule has 0 spiro atoms. The molecule has 0 aliphatic carbocycles. The van der Waals surface area contributed by atoms with Gasteiger partial charge < -0.3 is 9.90 Å². The second-order valence-electron chi connectivity index (χ2n) is 1.94. The largest absolute Gasteiger partial charge is 0.506 e. The van der Waals surface area contributed by atoms with Gasteiger partial charge in [-0.3, -0.25) is 4.55 Å². The van der Waals surface area contributed by atoms with E-state index in [-0.39, 0.29) is 0 Å². The fraction of sp³-hybridized carbons (Fsp3) is 0. The van der Waals surface area contributed by atoms with E-state index in [1.165, 1.54) is 18.2 Å². The van der Waals surface area contributed by atoms with Crippen molar-refractivity contribution in [3.05, 3.63) is 24.3 Å². The van der Waals surface area contributed by atoms with Gasteiger partial charge in [0, 0.05) is 0 Å². The molecule has 72 valence electrons. The summed E-state index contributed by atoms with van der Waals surface area (Å²) in [4.78, 5) is 7.53. The van der Waals surface area contributed by atoms with Crippen LogP contribution in [0.3, 0.4) is 0 Å². The first-order valence-corrected chi connectivity index (χ1v) is 4.50. The monoisotopic (exact) mass is 204 g/mol. The Labute approximate surface area is 75.4 Å². The van der Waals surface area contributed by atoms with Crippen molar-refractivity contribution in [3.63, 3.8) is 0 Å². The first-order valence-electron chi connectivity index (χ1n) is 3.06. The topological polar surface area (TPSA) is 91.7 Å². The Morgan fingerprint density at radius 3 is 1.92 bits per heavy atom. The lowest BCUT2D eigenvalue weighted by Gasteiger charge is -1.97. The Morgan fingerprint density at radius 1 is 1.15 bits per heavy atom. The lowest BCUT2D eigenvalue weighted by molar-refractivity contribution is -0.0979. The van der Waals surface area contributed by atoms with Crippen molar-refractivity contribution in [3.8, 4) is 5.75 Å². The minimum atomic E-state index is -4.28. The summed E-state index contributed by atoms with van der Waals surface area (Å²) in [5, 5.41) is 8.91. The fourth-order valence-corrected chi connectivity index (χ4v) is 1.26.